The van der Waals surface area contributed by atoms with Gasteiger partial charge in [-0.15, -0.1) is 0 Å². The van der Waals surface area contributed by atoms with E-state index in [0.717, 1.165) is 13.1 Å². The van der Waals surface area contributed by atoms with Crippen molar-refractivity contribution in [3.8, 4) is 6.01 Å². The van der Waals surface area contributed by atoms with Gasteiger partial charge in [0, 0.05) is 13.1 Å². The molecule has 2 rings (SSSR count). The summed E-state index contributed by atoms with van der Waals surface area (Å²) in [5.74, 6) is 1.17. The van der Waals surface area contributed by atoms with Gasteiger partial charge in [-0.2, -0.15) is 15.0 Å². The van der Waals surface area contributed by atoms with Crippen LogP contribution in [-0.2, 0) is 4.74 Å². The van der Waals surface area contributed by atoms with Gasteiger partial charge in [-0.25, -0.2) is 0 Å². The van der Waals surface area contributed by atoms with E-state index in [0.29, 0.717) is 31.1 Å². The predicted octanol–water partition coefficient (Wildman–Crippen LogP) is 1.71. The normalized spacial score (nSPS) is 17.9. The van der Waals surface area contributed by atoms with Crippen molar-refractivity contribution in [3.63, 3.8) is 0 Å². The maximum atomic E-state index is 5.64. The largest absolute Gasteiger partial charge is 0.461 e. The summed E-state index contributed by atoms with van der Waals surface area (Å²) in [5, 5.41) is 3.13. The highest BCUT2D eigenvalue weighted by Gasteiger charge is 2.33. The van der Waals surface area contributed by atoms with E-state index in [1.54, 1.807) is 0 Å². The number of hydrogen-bond donors (Lipinski definition) is 1. The minimum atomic E-state index is -0.155. The van der Waals surface area contributed by atoms with Crippen molar-refractivity contribution in [3.05, 3.63) is 0 Å². The molecule has 0 atom stereocenters. The fraction of sp³-hybridized carbons (Fsp3) is 0.786. The fourth-order valence-electron chi connectivity index (χ4n) is 2.20. The van der Waals surface area contributed by atoms with E-state index in [-0.39, 0.29) is 11.6 Å². The molecule has 21 heavy (non-hydrogen) atoms. The van der Waals surface area contributed by atoms with Crippen molar-refractivity contribution in [1.29, 1.82) is 0 Å². The monoisotopic (exact) mass is 295 g/mol. The topological polar surface area (TPSA) is 72.4 Å². The number of hydrogen-bond acceptors (Lipinski definition) is 7. The summed E-state index contributed by atoms with van der Waals surface area (Å²) in [7, 11) is 0. The fourth-order valence-corrected chi connectivity index (χ4v) is 2.20. The molecule has 1 aromatic rings. The Balaban J connectivity index is 2.34. The maximum Gasteiger partial charge on any atom is 0.323 e. The number of ether oxygens (including phenoxy) is 2. The Labute approximate surface area is 126 Å². The van der Waals surface area contributed by atoms with Crippen molar-refractivity contribution in [2.24, 2.45) is 0 Å². The Bertz CT molecular complexity index is 478. The molecule has 1 aromatic heterocycles. The van der Waals surface area contributed by atoms with E-state index in [1.165, 1.54) is 0 Å². The Hall–Kier alpha value is -1.63. The molecule has 2 heterocycles. The highest BCUT2D eigenvalue weighted by Crippen LogP contribution is 2.26. The first-order valence-corrected chi connectivity index (χ1v) is 7.44. The average Bonchev–Trinajstić information content (AvgIpc) is 2.37. The van der Waals surface area contributed by atoms with Gasteiger partial charge in [-0.1, -0.05) is 0 Å². The first kappa shape index (κ1) is 15.8. The van der Waals surface area contributed by atoms with Crippen LogP contribution in [-0.4, -0.2) is 52.9 Å². The van der Waals surface area contributed by atoms with Gasteiger partial charge in [0.05, 0.1) is 24.9 Å². The third-order valence-corrected chi connectivity index (χ3v) is 3.17. The van der Waals surface area contributed by atoms with Gasteiger partial charge in [0.15, 0.2) is 0 Å². The second kappa shape index (κ2) is 6.43. The summed E-state index contributed by atoms with van der Waals surface area (Å²) in [6, 6.07) is 0.355. The van der Waals surface area contributed by atoms with Gasteiger partial charge in [0.2, 0.25) is 11.9 Å². The number of nitrogens with one attached hydrogen (secondary N) is 1. The summed E-state index contributed by atoms with van der Waals surface area (Å²) in [5.41, 5.74) is -0.155. The van der Waals surface area contributed by atoms with Crippen molar-refractivity contribution in [2.45, 2.75) is 46.3 Å². The molecule has 0 spiro atoms. The second-order valence-corrected chi connectivity index (χ2v) is 5.96. The van der Waals surface area contributed by atoms with E-state index < -0.39 is 0 Å². The molecule has 0 aromatic carbocycles. The zero-order valence-electron chi connectivity index (χ0n) is 13.5. The van der Waals surface area contributed by atoms with Gasteiger partial charge < -0.3 is 19.7 Å². The Morgan fingerprint density at radius 1 is 1.33 bits per heavy atom. The summed E-state index contributed by atoms with van der Waals surface area (Å²) in [6.07, 6.45) is 0.0208. The van der Waals surface area contributed by atoms with E-state index in [2.05, 4.69) is 39.0 Å². The lowest BCUT2D eigenvalue weighted by Crippen LogP contribution is -2.54. The van der Waals surface area contributed by atoms with E-state index in [4.69, 9.17) is 9.47 Å². The van der Waals surface area contributed by atoms with Crippen LogP contribution in [0.3, 0.4) is 0 Å². The molecule has 0 unspecified atom stereocenters. The van der Waals surface area contributed by atoms with Crippen LogP contribution >= 0.6 is 0 Å². The van der Waals surface area contributed by atoms with Gasteiger partial charge >= 0.3 is 6.01 Å². The molecule has 1 saturated heterocycles. The van der Waals surface area contributed by atoms with Crippen LogP contribution in [0.25, 0.3) is 0 Å². The predicted molar refractivity (Wildman–Crippen MR) is 82.0 cm³/mol. The molecule has 0 amide bonds. The lowest BCUT2D eigenvalue weighted by atomic mass is 10.0. The molecule has 1 aliphatic rings. The standard InChI is InChI=1S/C14H25N5O2/c1-6-15-11-16-12(18-13(17-11)21-10(2)3)19-7-8-20-9-14(19,4)5/h10H,6-9H2,1-5H3,(H,15,16,17,18). The first-order valence-electron chi connectivity index (χ1n) is 7.44. The van der Waals surface area contributed by atoms with Crippen LogP contribution in [0.1, 0.15) is 34.6 Å². The average molecular weight is 295 g/mol. The van der Waals surface area contributed by atoms with Gasteiger partial charge in [0.25, 0.3) is 0 Å². The quantitative estimate of drug-likeness (QED) is 0.886. The molecule has 0 saturated carbocycles. The minimum Gasteiger partial charge on any atom is -0.461 e. The zero-order valence-corrected chi connectivity index (χ0v) is 13.5. The Morgan fingerprint density at radius 3 is 2.71 bits per heavy atom. The highest BCUT2D eigenvalue weighted by atomic mass is 16.5. The minimum absolute atomic E-state index is 0.0208. The SMILES string of the molecule is CCNc1nc(OC(C)C)nc(N2CCOCC2(C)C)n1. The van der Waals surface area contributed by atoms with Crippen LogP contribution in [0.5, 0.6) is 6.01 Å². The Morgan fingerprint density at radius 2 is 2.10 bits per heavy atom. The molecule has 0 aliphatic carbocycles. The van der Waals surface area contributed by atoms with Crippen LogP contribution < -0.4 is 15.0 Å². The van der Waals surface area contributed by atoms with E-state index in [9.17, 15) is 0 Å². The molecule has 1 aliphatic heterocycles. The smallest absolute Gasteiger partial charge is 0.323 e. The zero-order chi connectivity index (χ0) is 15.5. The molecule has 0 radical (unpaired) electrons. The number of rotatable bonds is 5. The lowest BCUT2D eigenvalue weighted by Gasteiger charge is -2.42. The number of aromatic nitrogens is 3. The van der Waals surface area contributed by atoms with Crippen LogP contribution in [0.15, 0.2) is 0 Å². The second-order valence-electron chi connectivity index (χ2n) is 5.96. The lowest BCUT2D eigenvalue weighted by molar-refractivity contribution is 0.0632. The molecule has 0 bridgehead atoms. The van der Waals surface area contributed by atoms with Crippen molar-refractivity contribution >= 4 is 11.9 Å². The molecule has 1 N–H and O–H groups in total. The highest BCUT2D eigenvalue weighted by molar-refractivity contribution is 5.41. The summed E-state index contributed by atoms with van der Waals surface area (Å²) in [4.78, 5) is 15.4. The maximum absolute atomic E-state index is 5.64. The number of anilines is 2. The summed E-state index contributed by atoms with van der Waals surface area (Å²) < 4.78 is 11.2. The van der Waals surface area contributed by atoms with Crippen LogP contribution in [0, 0.1) is 0 Å². The van der Waals surface area contributed by atoms with Crippen molar-refractivity contribution in [2.75, 3.05) is 36.5 Å². The van der Waals surface area contributed by atoms with Gasteiger partial charge in [0.1, 0.15) is 0 Å². The molecular weight excluding hydrogens is 270 g/mol. The molecular formula is C14H25N5O2. The Kier molecular flexibility index (Phi) is 4.82. The molecule has 1 fully saturated rings. The van der Waals surface area contributed by atoms with Crippen molar-refractivity contribution < 1.29 is 9.47 Å². The van der Waals surface area contributed by atoms with Crippen molar-refractivity contribution in [1.82, 2.24) is 15.0 Å². The number of morpholine rings is 1. The van der Waals surface area contributed by atoms with Crippen LogP contribution in [0.4, 0.5) is 11.9 Å². The summed E-state index contributed by atoms with van der Waals surface area (Å²) in [6.45, 7) is 13.0. The third kappa shape index (κ3) is 3.93. The van der Waals surface area contributed by atoms with Gasteiger partial charge in [-0.3, -0.25) is 0 Å². The van der Waals surface area contributed by atoms with E-state index in [1.807, 2.05) is 20.8 Å². The third-order valence-electron chi connectivity index (χ3n) is 3.17. The summed E-state index contributed by atoms with van der Waals surface area (Å²) >= 11 is 0. The van der Waals surface area contributed by atoms with Gasteiger partial charge in [-0.05, 0) is 34.6 Å². The van der Waals surface area contributed by atoms with Crippen LogP contribution in [0.2, 0.25) is 0 Å². The molecule has 7 nitrogen and oxygen atoms in total. The first-order chi connectivity index (χ1) is 9.92. The van der Waals surface area contributed by atoms with E-state index >= 15 is 0 Å². The molecule has 118 valence electrons. The molecule has 7 heteroatoms. The number of nitrogens with zero attached hydrogens (tertiary/aromatic N) is 4.